The molecule has 2 N–H and O–H groups in total. The molecule has 3 rings (SSSR count). The lowest BCUT2D eigenvalue weighted by Gasteiger charge is -2.35. The number of aryl methyl sites for hydroxylation is 1. The van der Waals surface area contributed by atoms with Crippen LogP contribution in [-0.2, 0) is 14.8 Å². The standard InChI is InChI=1S/C13H19N3O6S/c1-4-13-6-16(23(3,20)21)8(9(13)17)11(22-13)15-5-7(2)10(18)14-12(15)19/h5,8-9,11,17H,4,6H2,1-3H3,(H,14,18,19)/t8-,9+,11-,13+/m1/s1. The second-order valence-corrected chi connectivity index (χ2v) is 8.08. The summed E-state index contributed by atoms with van der Waals surface area (Å²) in [6.45, 7) is 3.36. The number of aromatic nitrogens is 2. The largest absolute Gasteiger partial charge is 0.388 e. The minimum atomic E-state index is -3.58. The van der Waals surface area contributed by atoms with Crippen molar-refractivity contribution in [3.05, 3.63) is 32.6 Å². The number of fused-ring (bicyclic) bond motifs is 2. The molecule has 2 fully saturated rings. The Balaban J connectivity index is 2.14. The van der Waals surface area contributed by atoms with E-state index in [0.717, 1.165) is 10.8 Å². The number of sulfonamides is 1. The zero-order valence-electron chi connectivity index (χ0n) is 13.0. The van der Waals surface area contributed by atoms with Gasteiger partial charge in [0.15, 0.2) is 6.23 Å². The molecule has 9 nitrogen and oxygen atoms in total. The summed E-state index contributed by atoms with van der Waals surface area (Å²) in [5.41, 5.74) is -1.98. The van der Waals surface area contributed by atoms with Gasteiger partial charge in [0.05, 0.1) is 12.3 Å². The minimum Gasteiger partial charge on any atom is -0.388 e. The quantitative estimate of drug-likeness (QED) is 0.689. The average molecular weight is 345 g/mol. The fourth-order valence-electron chi connectivity index (χ4n) is 3.39. The molecule has 3 heterocycles. The van der Waals surface area contributed by atoms with E-state index in [1.54, 1.807) is 6.92 Å². The van der Waals surface area contributed by atoms with Crippen molar-refractivity contribution in [2.24, 2.45) is 0 Å². The number of morpholine rings is 1. The molecular weight excluding hydrogens is 326 g/mol. The molecule has 1 aromatic rings. The molecule has 2 saturated heterocycles. The first kappa shape index (κ1) is 16.4. The molecule has 10 heteroatoms. The first-order chi connectivity index (χ1) is 10.6. The Morgan fingerprint density at radius 1 is 1.48 bits per heavy atom. The SMILES string of the molecule is CC[C@@]12CN(S(C)(=O)=O)[C@@H]([C@H](n3cc(C)c(=O)[nH]c3=O)O1)[C@@H]2O. The number of rotatable bonds is 3. The van der Waals surface area contributed by atoms with E-state index in [4.69, 9.17) is 4.74 Å². The highest BCUT2D eigenvalue weighted by Crippen LogP contribution is 2.48. The van der Waals surface area contributed by atoms with E-state index in [1.807, 2.05) is 0 Å². The Bertz CT molecular complexity index is 859. The van der Waals surface area contributed by atoms with Crippen LogP contribution >= 0.6 is 0 Å². The number of aliphatic hydroxyl groups is 1. The summed E-state index contributed by atoms with van der Waals surface area (Å²) in [6, 6.07) is -0.909. The average Bonchev–Trinajstić information content (AvgIpc) is 2.91. The van der Waals surface area contributed by atoms with Gasteiger partial charge in [-0.1, -0.05) is 6.92 Å². The maximum absolute atomic E-state index is 12.1. The number of hydrogen-bond acceptors (Lipinski definition) is 6. The Labute approximate surface area is 132 Å². The molecule has 0 amide bonds. The van der Waals surface area contributed by atoms with Crippen LogP contribution in [0.3, 0.4) is 0 Å². The summed E-state index contributed by atoms with van der Waals surface area (Å²) in [6.07, 6.45) is 0.734. The summed E-state index contributed by atoms with van der Waals surface area (Å²) in [7, 11) is -3.58. The third kappa shape index (κ3) is 2.28. The summed E-state index contributed by atoms with van der Waals surface area (Å²) in [5, 5.41) is 10.5. The number of H-pyrrole nitrogens is 1. The molecule has 0 radical (unpaired) electrons. The highest BCUT2D eigenvalue weighted by Gasteiger charge is 2.65. The maximum Gasteiger partial charge on any atom is 0.330 e. The highest BCUT2D eigenvalue weighted by molar-refractivity contribution is 7.88. The van der Waals surface area contributed by atoms with E-state index in [2.05, 4.69) is 4.98 Å². The Hall–Kier alpha value is -1.49. The smallest absolute Gasteiger partial charge is 0.330 e. The topological polar surface area (TPSA) is 122 Å². The lowest BCUT2D eigenvalue weighted by Crippen LogP contribution is -2.50. The number of aromatic amines is 1. The maximum atomic E-state index is 12.1. The van der Waals surface area contributed by atoms with Crippen LogP contribution in [0.25, 0.3) is 0 Å². The van der Waals surface area contributed by atoms with E-state index in [-0.39, 0.29) is 6.54 Å². The van der Waals surface area contributed by atoms with Crippen LogP contribution in [0.5, 0.6) is 0 Å². The van der Waals surface area contributed by atoms with Crippen molar-refractivity contribution >= 4 is 10.0 Å². The monoisotopic (exact) mass is 345 g/mol. The number of aliphatic hydroxyl groups excluding tert-OH is 1. The molecule has 0 spiro atoms. The molecular formula is C13H19N3O6S. The first-order valence-corrected chi connectivity index (χ1v) is 9.10. The zero-order chi connectivity index (χ0) is 17.2. The van der Waals surface area contributed by atoms with Gasteiger partial charge in [-0.05, 0) is 13.3 Å². The van der Waals surface area contributed by atoms with E-state index in [9.17, 15) is 23.1 Å². The van der Waals surface area contributed by atoms with Crippen molar-refractivity contribution < 1.29 is 18.3 Å². The molecule has 2 bridgehead atoms. The fourth-order valence-corrected chi connectivity index (χ4v) is 4.50. The summed E-state index contributed by atoms with van der Waals surface area (Å²) in [4.78, 5) is 25.8. The summed E-state index contributed by atoms with van der Waals surface area (Å²) < 4.78 is 32.2. The van der Waals surface area contributed by atoms with Gasteiger partial charge in [-0.2, -0.15) is 4.31 Å². The van der Waals surface area contributed by atoms with Gasteiger partial charge in [-0.15, -0.1) is 0 Å². The van der Waals surface area contributed by atoms with Crippen LogP contribution in [-0.4, -0.2) is 57.9 Å². The first-order valence-electron chi connectivity index (χ1n) is 7.25. The lowest BCUT2D eigenvalue weighted by atomic mass is 9.96. The van der Waals surface area contributed by atoms with Gasteiger partial charge in [0.25, 0.3) is 5.56 Å². The predicted octanol–water partition coefficient (Wildman–Crippen LogP) is -1.47. The van der Waals surface area contributed by atoms with Crippen molar-refractivity contribution in [2.75, 3.05) is 12.8 Å². The molecule has 2 aliphatic heterocycles. The second kappa shape index (κ2) is 5.00. The third-order valence-electron chi connectivity index (χ3n) is 4.71. The van der Waals surface area contributed by atoms with Crippen molar-refractivity contribution in [3.8, 4) is 0 Å². The number of ether oxygens (including phenoxy) is 1. The molecule has 1 aromatic heterocycles. The normalized spacial score (nSPS) is 34.2. The van der Waals surface area contributed by atoms with Crippen molar-refractivity contribution in [1.29, 1.82) is 0 Å². The van der Waals surface area contributed by atoms with Gasteiger partial charge < -0.3 is 9.84 Å². The van der Waals surface area contributed by atoms with Crippen molar-refractivity contribution in [3.63, 3.8) is 0 Å². The van der Waals surface area contributed by atoms with E-state index in [0.29, 0.717) is 12.0 Å². The lowest BCUT2D eigenvalue weighted by molar-refractivity contribution is -0.126. The third-order valence-corrected chi connectivity index (χ3v) is 5.94. The van der Waals surface area contributed by atoms with Gasteiger partial charge in [-0.3, -0.25) is 14.3 Å². The Kier molecular flexibility index (Phi) is 3.56. The summed E-state index contributed by atoms with van der Waals surface area (Å²) >= 11 is 0. The molecule has 2 aliphatic rings. The van der Waals surface area contributed by atoms with Crippen LogP contribution in [0.4, 0.5) is 0 Å². The van der Waals surface area contributed by atoms with Gasteiger partial charge in [0.1, 0.15) is 11.7 Å². The minimum absolute atomic E-state index is 0.0434. The molecule has 23 heavy (non-hydrogen) atoms. The van der Waals surface area contributed by atoms with E-state index in [1.165, 1.54) is 17.4 Å². The number of nitrogens with zero attached hydrogens (tertiary/aromatic N) is 2. The molecule has 0 aromatic carbocycles. The van der Waals surface area contributed by atoms with Crippen LogP contribution < -0.4 is 11.2 Å². The van der Waals surface area contributed by atoms with Crippen LogP contribution in [0.1, 0.15) is 25.1 Å². The summed E-state index contributed by atoms with van der Waals surface area (Å²) in [5.74, 6) is 0. The molecule has 0 unspecified atom stereocenters. The van der Waals surface area contributed by atoms with Gasteiger partial charge in [0, 0.05) is 18.3 Å². The Morgan fingerprint density at radius 2 is 2.13 bits per heavy atom. The number of nitrogens with one attached hydrogen (secondary N) is 1. The van der Waals surface area contributed by atoms with Crippen LogP contribution in [0.15, 0.2) is 15.8 Å². The van der Waals surface area contributed by atoms with Crippen LogP contribution in [0, 0.1) is 6.92 Å². The molecule has 0 aliphatic carbocycles. The predicted molar refractivity (Wildman–Crippen MR) is 80.5 cm³/mol. The highest BCUT2D eigenvalue weighted by atomic mass is 32.2. The van der Waals surface area contributed by atoms with Gasteiger partial charge >= 0.3 is 5.69 Å². The molecule has 4 atom stereocenters. The van der Waals surface area contributed by atoms with Crippen molar-refractivity contribution in [1.82, 2.24) is 13.9 Å². The van der Waals surface area contributed by atoms with Crippen molar-refractivity contribution in [2.45, 2.75) is 44.2 Å². The van der Waals surface area contributed by atoms with Crippen LogP contribution in [0.2, 0.25) is 0 Å². The number of hydrogen-bond donors (Lipinski definition) is 2. The van der Waals surface area contributed by atoms with Gasteiger partial charge in [-0.25, -0.2) is 13.2 Å². The van der Waals surface area contributed by atoms with Gasteiger partial charge in [0.2, 0.25) is 10.0 Å². The van der Waals surface area contributed by atoms with E-state index < -0.39 is 45.2 Å². The molecule has 128 valence electrons. The van der Waals surface area contributed by atoms with E-state index >= 15 is 0 Å². The molecule has 0 saturated carbocycles. The second-order valence-electron chi connectivity index (χ2n) is 6.15. The fraction of sp³-hybridized carbons (Fsp3) is 0.692. The Morgan fingerprint density at radius 3 is 2.65 bits per heavy atom. The zero-order valence-corrected chi connectivity index (χ0v) is 13.8.